The molecule has 0 saturated carbocycles. The van der Waals surface area contributed by atoms with Gasteiger partial charge in [-0.3, -0.25) is 0 Å². The number of halogens is 3. The summed E-state index contributed by atoms with van der Waals surface area (Å²) >= 11 is 0. The van der Waals surface area contributed by atoms with E-state index in [2.05, 4.69) is 0 Å². The van der Waals surface area contributed by atoms with Gasteiger partial charge in [-0.2, -0.15) is 13.2 Å². The van der Waals surface area contributed by atoms with Crippen molar-refractivity contribution < 1.29 is 13.2 Å². The van der Waals surface area contributed by atoms with E-state index in [9.17, 15) is 13.2 Å². The Kier molecular flexibility index (Phi) is 2.60. The molecule has 3 heteroatoms. The van der Waals surface area contributed by atoms with E-state index < -0.39 is 12.1 Å². The van der Waals surface area contributed by atoms with E-state index in [0.29, 0.717) is 5.57 Å². The molecule has 1 rings (SSSR count). The molecule has 12 heavy (non-hydrogen) atoms. The van der Waals surface area contributed by atoms with Crippen molar-refractivity contribution in [3.63, 3.8) is 0 Å². The Morgan fingerprint density at radius 1 is 1.33 bits per heavy atom. The second-order valence-electron chi connectivity index (χ2n) is 2.95. The summed E-state index contributed by atoms with van der Waals surface area (Å²) in [7, 11) is 0. The summed E-state index contributed by atoms with van der Waals surface area (Å²) < 4.78 is 36.5. The summed E-state index contributed by atoms with van der Waals surface area (Å²) in [5.41, 5.74) is 0.397. The molecule has 0 spiro atoms. The van der Waals surface area contributed by atoms with Crippen molar-refractivity contribution in [1.82, 2.24) is 0 Å². The number of alkyl halides is 3. The quantitative estimate of drug-likeness (QED) is 0.574. The van der Waals surface area contributed by atoms with E-state index in [-0.39, 0.29) is 0 Å². The Labute approximate surface area is 69.8 Å². The van der Waals surface area contributed by atoms with Crippen molar-refractivity contribution in [2.24, 2.45) is 5.92 Å². The van der Waals surface area contributed by atoms with Gasteiger partial charge in [0.15, 0.2) is 0 Å². The zero-order chi connectivity index (χ0) is 9.19. The van der Waals surface area contributed by atoms with Crippen molar-refractivity contribution in [1.29, 1.82) is 0 Å². The molecular formula is C9H11F3. The van der Waals surface area contributed by atoms with E-state index in [1.807, 2.05) is 0 Å². The highest BCUT2D eigenvalue weighted by Crippen LogP contribution is 2.33. The van der Waals surface area contributed by atoms with E-state index in [1.54, 1.807) is 18.2 Å². The van der Waals surface area contributed by atoms with Crippen molar-refractivity contribution in [3.8, 4) is 0 Å². The molecule has 68 valence electrons. The molecule has 0 fully saturated rings. The lowest BCUT2D eigenvalue weighted by atomic mass is 9.95. The first-order valence-electron chi connectivity index (χ1n) is 3.95. The summed E-state index contributed by atoms with van der Waals surface area (Å²) in [6, 6.07) is 0. The number of rotatable bonds is 1. The Balaban J connectivity index is 2.70. The van der Waals surface area contributed by atoms with Gasteiger partial charge in [-0.15, -0.1) is 0 Å². The largest absolute Gasteiger partial charge is 0.395 e. The molecule has 0 aromatic carbocycles. The van der Waals surface area contributed by atoms with Gasteiger partial charge in [0, 0.05) is 0 Å². The van der Waals surface area contributed by atoms with Gasteiger partial charge in [-0.25, -0.2) is 0 Å². The monoisotopic (exact) mass is 176 g/mol. The fraction of sp³-hybridized carbons (Fsp3) is 0.556. The number of hydrogen-bond acceptors (Lipinski definition) is 0. The highest BCUT2D eigenvalue weighted by atomic mass is 19.4. The molecule has 0 bridgehead atoms. The molecule has 0 N–H and O–H groups in total. The van der Waals surface area contributed by atoms with E-state index in [4.69, 9.17) is 0 Å². The summed E-state index contributed by atoms with van der Waals surface area (Å²) in [6.07, 6.45) is 2.51. The Morgan fingerprint density at radius 3 is 2.42 bits per heavy atom. The molecule has 0 radical (unpaired) electrons. The van der Waals surface area contributed by atoms with Gasteiger partial charge < -0.3 is 0 Å². The lowest BCUT2D eigenvalue weighted by Gasteiger charge is -2.18. The van der Waals surface area contributed by atoms with E-state index in [0.717, 1.165) is 12.8 Å². The smallest absolute Gasteiger partial charge is 0.170 e. The highest BCUT2D eigenvalue weighted by Gasteiger charge is 2.37. The van der Waals surface area contributed by atoms with Gasteiger partial charge in [0.25, 0.3) is 0 Å². The van der Waals surface area contributed by atoms with Crippen LogP contribution < -0.4 is 0 Å². The van der Waals surface area contributed by atoms with Crippen molar-refractivity contribution >= 4 is 0 Å². The van der Waals surface area contributed by atoms with Gasteiger partial charge in [0.05, 0.1) is 5.92 Å². The third-order valence-electron chi connectivity index (χ3n) is 2.01. The summed E-state index contributed by atoms with van der Waals surface area (Å²) in [5.74, 6) is -1.32. The molecule has 0 nitrogen and oxygen atoms in total. The van der Waals surface area contributed by atoms with Crippen LogP contribution in [0.4, 0.5) is 13.2 Å². The first kappa shape index (κ1) is 9.36. The molecule has 0 aromatic rings. The molecule has 0 aromatic heterocycles. The predicted octanol–water partition coefficient (Wildman–Crippen LogP) is 3.46. The molecule has 0 amide bonds. The fourth-order valence-corrected chi connectivity index (χ4v) is 1.14. The van der Waals surface area contributed by atoms with Crippen LogP contribution in [0, 0.1) is 5.92 Å². The first-order chi connectivity index (χ1) is 5.52. The number of allylic oxidation sites excluding steroid dienone is 4. The van der Waals surface area contributed by atoms with Crippen LogP contribution in [-0.4, -0.2) is 6.18 Å². The standard InChI is InChI=1S/C9H11F3/c1-7(9(10,11)12)8-5-3-2-4-6-8/h3,5-7H,2,4H2,1H3. The topological polar surface area (TPSA) is 0 Å². The second kappa shape index (κ2) is 3.33. The van der Waals surface area contributed by atoms with Crippen molar-refractivity contribution in [2.75, 3.05) is 0 Å². The van der Waals surface area contributed by atoms with Crippen LogP contribution in [0.2, 0.25) is 0 Å². The lowest BCUT2D eigenvalue weighted by molar-refractivity contribution is -0.158. The maximum Gasteiger partial charge on any atom is 0.395 e. The third-order valence-corrected chi connectivity index (χ3v) is 2.01. The van der Waals surface area contributed by atoms with E-state index in [1.165, 1.54) is 6.92 Å². The molecule has 0 saturated heterocycles. The Bertz CT molecular complexity index is 210. The first-order valence-corrected chi connectivity index (χ1v) is 3.95. The molecule has 0 aliphatic heterocycles. The molecule has 1 unspecified atom stereocenters. The zero-order valence-electron chi connectivity index (χ0n) is 6.86. The third kappa shape index (κ3) is 2.13. The Hall–Kier alpha value is -0.730. The maximum atomic E-state index is 12.2. The predicted molar refractivity (Wildman–Crippen MR) is 41.7 cm³/mol. The lowest BCUT2D eigenvalue weighted by Crippen LogP contribution is -2.21. The van der Waals surface area contributed by atoms with Crippen LogP contribution in [0.5, 0.6) is 0 Å². The van der Waals surface area contributed by atoms with Gasteiger partial charge >= 0.3 is 6.18 Å². The average molecular weight is 176 g/mol. The van der Waals surface area contributed by atoms with Crippen LogP contribution in [0.3, 0.4) is 0 Å². The summed E-state index contributed by atoms with van der Waals surface area (Å²) in [5, 5.41) is 0. The fourth-order valence-electron chi connectivity index (χ4n) is 1.14. The SMILES string of the molecule is CC(C1=CCCC=C1)C(F)(F)F. The van der Waals surface area contributed by atoms with Crippen LogP contribution in [-0.2, 0) is 0 Å². The zero-order valence-corrected chi connectivity index (χ0v) is 6.86. The van der Waals surface area contributed by atoms with Gasteiger partial charge in [0.2, 0.25) is 0 Å². The molecule has 1 aliphatic rings. The van der Waals surface area contributed by atoms with Crippen LogP contribution >= 0.6 is 0 Å². The van der Waals surface area contributed by atoms with Gasteiger partial charge in [-0.05, 0) is 25.3 Å². The normalized spacial score (nSPS) is 20.5. The molecule has 1 aliphatic carbocycles. The second-order valence-corrected chi connectivity index (χ2v) is 2.95. The van der Waals surface area contributed by atoms with Crippen LogP contribution in [0.25, 0.3) is 0 Å². The minimum atomic E-state index is -4.10. The molecule has 1 atom stereocenters. The molecule has 0 heterocycles. The molecular weight excluding hydrogens is 165 g/mol. The minimum absolute atomic E-state index is 0.397. The van der Waals surface area contributed by atoms with Gasteiger partial charge in [0.1, 0.15) is 0 Å². The Morgan fingerprint density at radius 2 is 2.00 bits per heavy atom. The maximum absolute atomic E-state index is 12.2. The van der Waals surface area contributed by atoms with Crippen LogP contribution in [0.15, 0.2) is 23.8 Å². The van der Waals surface area contributed by atoms with Gasteiger partial charge in [-0.1, -0.05) is 18.2 Å². The minimum Gasteiger partial charge on any atom is -0.170 e. The van der Waals surface area contributed by atoms with E-state index >= 15 is 0 Å². The highest BCUT2D eigenvalue weighted by molar-refractivity contribution is 5.25. The average Bonchev–Trinajstić information content (AvgIpc) is 2.03. The van der Waals surface area contributed by atoms with Crippen molar-refractivity contribution in [2.45, 2.75) is 25.9 Å². The van der Waals surface area contributed by atoms with Crippen molar-refractivity contribution in [3.05, 3.63) is 23.8 Å². The van der Waals surface area contributed by atoms with Crippen LogP contribution in [0.1, 0.15) is 19.8 Å². The summed E-state index contributed by atoms with van der Waals surface area (Å²) in [6.45, 7) is 1.20. The summed E-state index contributed by atoms with van der Waals surface area (Å²) in [4.78, 5) is 0. The number of hydrogen-bond donors (Lipinski definition) is 0.